The number of aromatic carboxylic acids is 4. The number of carboxylic acid groups (broad SMARTS) is 4. The summed E-state index contributed by atoms with van der Waals surface area (Å²) in [5.74, 6) is -7.55. The summed E-state index contributed by atoms with van der Waals surface area (Å²) in [6.45, 7) is 0. The highest BCUT2D eigenvalue weighted by atomic mass is 35.5. The summed E-state index contributed by atoms with van der Waals surface area (Å²) in [6.07, 6.45) is 0. The van der Waals surface area contributed by atoms with Gasteiger partial charge in [-0.3, -0.25) is 0 Å². The van der Waals surface area contributed by atoms with E-state index in [0.717, 1.165) is 57.5 Å². The van der Waals surface area contributed by atoms with E-state index in [1.165, 1.54) is 24.3 Å². The number of phenols is 8. The molecule has 0 fully saturated rings. The molecule has 0 radical (unpaired) electrons. The fraction of sp³-hybridized carbons (Fsp3) is 0.222. The van der Waals surface area contributed by atoms with Crippen molar-refractivity contribution in [2.45, 2.75) is 0 Å². The minimum atomic E-state index is -1.14. The average Bonchev–Trinajstić information content (AvgIpc) is 3.01. The molecule has 4 aromatic carbocycles. The maximum Gasteiger partial charge on any atom is 0.335 e. The van der Waals surface area contributed by atoms with Crippen LogP contribution in [0, 0.1) is 0 Å². The Kier molecular flexibility index (Phi) is 25.8. The van der Waals surface area contributed by atoms with E-state index in [0.29, 0.717) is 0 Å². The lowest BCUT2D eigenvalue weighted by Gasteiger charge is -2.14. The van der Waals surface area contributed by atoms with Crippen molar-refractivity contribution in [3.05, 3.63) is 95.1 Å². The van der Waals surface area contributed by atoms with E-state index >= 15 is 0 Å². The molecule has 312 valence electrons. The van der Waals surface area contributed by atoms with Crippen LogP contribution in [0.1, 0.15) is 41.4 Å². The second kappa shape index (κ2) is 25.6. The second-order valence-electron chi connectivity index (χ2n) is 13.4. The number of carboxylic acids is 4. The lowest BCUT2D eigenvalue weighted by molar-refractivity contribution is -0.849. The number of aromatic hydroxyl groups is 8. The van der Waals surface area contributed by atoms with Crippen LogP contribution in [0.4, 0.5) is 0 Å². The molecule has 0 aliphatic carbocycles. The second-order valence-corrected chi connectivity index (χ2v) is 13.4. The Morgan fingerprint density at radius 3 is 0.536 bits per heavy atom. The van der Waals surface area contributed by atoms with Gasteiger partial charge < -0.3 is 95.1 Å². The fourth-order valence-electron chi connectivity index (χ4n) is 2.63. The van der Waals surface area contributed by atoms with E-state index < -0.39 is 46.9 Å². The summed E-state index contributed by atoms with van der Waals surface area (Å²) in [6, 6.07) is 13.3. The number of benzene rings is 4. The SMILES string of the molecule is C[N+](C)(C)C.C[N+](C)(C)C.O=C(O)c1ccc(O)c(O)c1.O=C(O)c1ccc(O)c(O)c1.O=C(O)c1ccc(O)c(O)c1.O=C(O)c1ccc(O)c(O)c1.[Cl-].[Cl-]. The zero-order valence-electron chi connectivity index (χ0n) is 31.6. The van der Waals surface area contributed by atoms with Crippen molar-refractivity contribution in [3.8, 4) is 46.0 Å². The molecule has 18 nitrogen and oxygen atoms in total. The maximum absolute atomic E-state index is 10.3. The largest absolute Gasteiger partial charge is 1.00 e. The Labute approximate surface area is 334 Å². The van der Waals surface area contributed by atoms with Crippen molar-refractivity contribution in [1.29, 1.82) is 0 Å². The molecule has 0 aromatic heterocycles. The highest BCUT2D eigenvalue weighted by molar-refractivity contribution is 5.89. The number of halogens is 2. The molecule has 0 heterocycles. The van der Waals surface area contributed by atoms with Crippen molar-refractivity contribution in [3.63, 3.8) is 0 Å². The van der Waals surface area contributed by atoms with Gasteiger partial charge in [0.2, 0.25) is 0 Å². The van der Waals surface area contributed by atoms with Crippen LogP contribution in [-0.2, 0) is 0 Å². The molecule has 0 saturated carbocycles. The number of phenolic OH excluding ortho intramolecular Hbond substituents is 8. The van der Waals surface area contributed by atoms with Gasteiger partial charge in [-0.15, -0.1) is 0 Å². The Hall–Kier alpha value is -6.34. The van der Waals surface area contributed by atoms with Crippen molar-refractivity contribution in [1.82, 2.24) is 0 Å². The number of hydrogen-bond acceptors (Lipinski definition) is 12. The molecule has 0 atom stereocenters. The summed E-state index contributed by atoms with van der Waals surface area (Å²) in [4.78, 5) is 41.1. The van der Waals surface area contributed by atoms with Gasteiger partial charge in [-0.05, 0) is 72.8 Å². The van der Waals surface area contributed by atoms with E-state index in [-0.39, 0.29) is 70.1 Å². The van der Waals surface area contributed by atoms with E-state index in [1.807, 2.05) is 0 Å². The van der Waals surface area contributed by atoms with Gasteiger partial charge in [0.05, 0.1) is 78.6 Å². The van der Waals surface area contributed by atoms with E-state index in [4.69, 9.17) is 61.3 Å². The first-order chi connectivity index (χ1) is 24.4. The molecule has 4 aromatic rings. The third-order valence-corrected chi connectivity index (χ3v) is 4.89. The summed E-state index contributed by atoms with van der Waals surface area (Å²) < 4.78 is 2.00. The summed E-state index contributed by atoms with van der Waals surface area (Å²) in [5, 5.41) is 104. The highest BCUT2D eigenvalue weighted by Gasteiger charge is 2.08. The molecule has 0 unspecified atom stereocenters. The Bertz CT molecular complexity index is 1610. The third kappa shape index (κ3) is 27.3. The molecule has 0 aliphatic heterocycles. The van der Waals surface area contributed by atoms with Crippen LogP contribution in [-0.4, -0.2) is 151 Å². The van der Waals surface area contributed by atoms with Crippen LogP contribution in [0.25, 0.3) is 0 Å². The minimum Gasteiger partial charge on any atom is -1.00 e. The number of quaternary nitrogens is 2. The quantitative estimate of drug-likeness (QED) is 0.0770. The fourth-order valence-corrected chi connectivity index (χ4v) is 2.63. The zero-order chi connectivity index (χ0) is 42.7. The maximum atomic E-state index is 10.3. The van der Waals surface area contributed by atoms with E-state index in [1.54, 1.807) is 0 Å². The highest BCUT2D eigenvalue weighted by Crippen LogP contribution is 2.27. The summed E-state index contributed by atoms with van der Waals surface area (Å²) in [7, 11) is 17.0. The Balaban J connectivity index is -0.000000295. The summed E-state index contributed by atoms with van der Waals surface area (Å²) >= 11 is 0. The number of hydrogen-bond donors (Lipinski definition) is 12. The molecule has 0 saturated heterocycles. The number of nitrogens with zero attached hydrogens (tertiary/aromatic N) is 2. The van der Waals surface area contributed by atoms with Gasteiger partial charge in [-0.1, -0.05) is 0 Å². The molecule has 56 heavy (non-hydrogen) atoms. The first kappa shape index (κ1) is 56.4. The molecule has 4 rings (SSSR count). The molecule has 12 N–H and O–H groups in total. The monoisotopic (exact) mass is 834 g/mol. The molecule has 0 amide bonds. The van der Waals surface area contributed by atoms with E-state index in [2.05, 4.69) is 56.4 Å². The molecule has 0 aliphatic rings. The van der Waals surface area contributed by atoms with Crippen LogP contribution < -0.4 is 24.8 Å². The molecule has 20 heteroatoms. The van der Waals surface area contributed by atoms with Gasteiger partial charge >= 0.3 is 23.9 Å². The predicted molar refractivity (Wildman–Crippen MR) is 195 cm³/mol. The smallest absolute Gasteiger partial charge is 0.335 e. The van der Waals surface area contributed by atoms with Crippen LogP contribution >= 0.6 is 0 Å². The lowest BCUT2D eigenvalue weighted by atomic mass is 10.2. The van der Waals surface area contributed by atoms with Crippen LogP contribution in [0.15, 0.2) is 72.8 Å². The Morgan fingerprint density at radius 1 is 0.321 bits per heavy atom. The van der Waals surface area contributed by atoms with Crippen LogP contribution in [0.3, 0.4) is 0 Å². The predicted octanol–water partition coefficient (Wildman–Crippen LogP) is -2.16. The van der Waals surface area contributed by atoms with Gasteiger partial charge in [-0.2, -0.15) is 0 Å². The topological polar surface area (TPSA) is 311 Å². The lowest BCUT2D eigenvalue weighted by Crippen LogP contribution is -3.00. The van der Waals surface area contributed by atoms with Crippen LogP contribution in [0.5, 0.6) is 46.0 Å². The van der Waals surface area contributed by atoms with Crippen LogP contribution in [0.2, 0.25) is 0 Å². The number of rotatable bonds is 4. The van der Waals surface area contributed by atoms with Crippen molar-refractivity contribution >= 4 is 23.9 Å². The van der Waals surface area contributed by atoms with Gasteiger partial charge in [0.1, 0.15) is 0 Å². The number of carbonyl (C=O) groups is 4. The zero-order valence-corrected chi connectivity index (χ0v) is 33.1. The molecule has 0 spiro atoms. The minimum absolute atomic E-state index is 0. The standard InChI is InChI=1S/4C7H6O4.2C4H12N.2ClH/c4*8-5-2-1-4(7(10)11)3-6(5)9;2*1-5(2,3)4;;/h4*1-3,8-9H,(H,10,11);2*1-4H3;2*1H/q;;;;2*+1;;/p-2. The first-order valence-corrected chi connectivity index (χ1v) is 15.0. The van der Waals surface area contributed by atoms with Gasteiger partial charge in [-0.25, -0.2) is 19.2 Å². The Morgan fingerprint density at radius 2 is 0.446 bits per heavy atom. The van der Waals surface area contributed by atoms with Gasteiger partial charge in [0.25, 0.3) is 0 Å². The molecular weight excluding hydrogens is 787 g/mol. The van der Waals surface area contributed by atoms with Crippen molar-refractivity contribution in [2.24, 2.45) is 0 Å². The third-order valence-electron chi connectivity index (χ3n) is 4.89. The normalized spacial score (nSPS) is 9.57. The summed E-state index contributed by atoms with van der Waals surface area (Å²) in [5.41, 5.74) is -0.221. The molecular formula is C36H48Cl2N2O16. The molecule has 0 bridgehead atoms. The first-order valence-electron chi connectivity index (χ1n) is 15.0. The van der Waals surface area contributed by atoms with Crippen molar-refractivity contribution in [2.75, 3.05) is 56.4 Å². The van der Waals surface area contributed by atoms with Gasteiger partial charge in [0.15, 0.2) is 46.0 Å². The van der Waals surface area contributed by atoms with E-state index in [9.17, 15) is 19.2 Å². The van der Waals surface area contributed by atoms with Crippen molar-refractivity contribution < 1.29 is 114 Å². The average molecular weight is 836 g/mol. The van der Waals surface area contributed by atoms with Gasteiger partial charge in [0, 0.05) is 0 Å².